The third-order valence-corrected chi connectivity index (χ3v) is 4.68. The van der Waals surface area contributed by atoms with Gasteiger partial charge in [0.2, 0.25) is 0 Å². The van der Waals surface area contributed by atoms with Crippen molar-refractivity contribution in [2.75, 3.05) is 0 Å². The minimum atomic E-state index is 1.15. The number of fused-ring (bicyclic) bond motifs is 3. The second-order valence-electron chi connectivity index (χ2n) is 4.86. The van der Waals surface area contributed by atoms with Crippen LogP contribution in [0.3, 0.4) is 0 Å². The van der Waals surface area contributed by atoms with Crippen LogP contribution in [-0.4, -0.2) is 0 Å². The van der Waals surface area contributed by atoms with E-state index < -0.39 is 0 Å². The van der Waals surface area contributed by atoms with Crippen molar-refractivity contribution in [2.24, 2.45) is 0 Å². The van der Waals surface area contributed by atoms with E-state index in [2.05, 4.69) is 62.4 Å². The molecule has 0 amide bonds. The van der Waals surface area contributed by atoms with Gasteiger partial charge in [-0.15, -0.1) is 11.3 Å². The average Bonchev–Trinajstić information content (AvgIpc) is 2.81. The highest BCUT2D eigenvalue weighted by Gasteiger charge is 2.03. The number of hydrogen-bond acceptors (Lipinski definition) is 1. The number of rotatable bonds is 2. The maximum atomic E-state index is 2.36. The Morgan fingerprint density at radius 3 is 2.63 bits per heavy atom. The van der Waals surface area contributed by atoms with Crippen molar-refractivity contribution in [3.05, 3.63) is 46.8 Å². The fourth-order valence-corrected chi connectivity index (χ4v) is 3.67. The largest absolute Gasteiger partial charge is 0.135 e. The van der Waals surface area contributed by atoms with E-state index in [9.17, 15) is 0 Å². The lowest BCUT2D eigenvalue weighted by molar-refractivity contribution is 0.991. The summed E-state index contributed by atoms with van der Waals surface area (Å²) in [7, 11) is 0. The van der Waals surface area contributed by atoms with Crippen LogP contribution in [0.1, 0.15) is 26.7 Å². The van der Waals surface area contributed by atoms with E-state index in [1.54, 1.807) is 0 Å². The molecule has 0 atom stereocenters. The van der Waals surface area contributed by atoms with Crippen molar-refractivity contribution >= 4 is 43.7 Å². The molecular formula is C18H18S. The lowest BCUT2D eigenvalue weighted by atomic mass is 10.1. The van der Waals surface area contributed by atoms with E-state index in [-0.39, 0.29) is 0 Å². The number of hydrogen-bond donors (Lipinski definition) is 0. The van der Waals surface area contributed by atoms with Crippen LogP contribution in [0, 0.1) is 0 Å². The molecule has 0 fully saturated rings. The molecule has 0 spiro atoms. The van der Waals surface area contributed by atoms with E-state index in [0.29, 0.717) is 0 Å². The minimum absolute atomic E-state index is 1.15. The molecule has 0 radical (unpaired) electrons. The Morgan fingerprint density at radius 2 is 1.84 bits per heavy atom. The molecule has 0 aliphatic heterocycles. The Hall–Kier alpha value is -1.60. The second kappa shape index (κ2) is 5.18. The summed E-state index contributed by atoms with van der Waals surface area (Å²) in [5.41, 5.74) is 0. The summed E-state index contributed by atoms with van der Waals surface area (Å²) < 4.78 is 2.77. The van der Waals surface area contributed by atoms with E-state index in [4.69, 9.17) is 0 Å². The van der Waals surface area contributed by atoms with Gasteiger partial charge in [0.15, 0.2) is 0 Å². The van der Waals surface area contributed by atoms with Crippen LogP contribution in [0.25, 0.3) is 32.3 Å². The molecule has 1 aromatic heterocycles. The molecule has 0 saturated carbocycles. The van der Waals surface area contributed by atoms with Crippen LogP contribution in [-0.2, 0) is 0 Å². The zero-order valence-electron chi connectivity index (χ0n) is 11.4. The van der Waals surface area contributed by atoms with Crippen molar-refractivity contribution < 1.29 is 0 Å². The number of thiophene rings is 1. The van der Waals surface area contributed by atoms with Crippen molar-refractivity contribution in [1.82, 2.24) is 0 Å². The van der Waals surface area contributed by atoms with Gasteiger partial charge in [0.1, 0.15) is 0 Å². The second-order valence-corrected chi connectivity index (χ2v) is 5.94. The molecule has 0 unspecified atom stereocenters. The molecule has 0 saturated heterocycles. The van der Waals surface area contributed by atoms with Crippen molar-refractivity contribution in [1.29, 1.82) is 0 Å². The average molecular weight is 266 g/mol. The van der Waals surface area contributed by atoms with E-state index in [1.807, 2.05) is 11.3 Å². The van der Waals surface area contributed by atoms with Gasteiger partial charge in [0.25, 0.3) is 0 Å². The maximum Gasteiger partial charge on any atom is 0.0361 e. The van der Waals surface area contributed by atoms with E-state index >= 15 is 0 Å². The van der Waals surface area contributed by atoms with Gasteiger partial charge in [0.05, 0.1) is 0 Å². The molecule has 1 heteroatoms. The fraction of sp³-hybridized carbons (Fsp3) is 0.222. The van der Waals surface area contributed by atoms with Gasteiger partial charge in [-0.1, -0.05) is 43.7 Å². The quantitative estimate of drug-likeness (QED) is 0.643. The topological polar surface area (TPSA) is 0 Å². The smallest absolute Gasteiger partial charge is 0.0361 e. The first-order valence-corrected chi connectivity index (χ1v) is 7.73. The van der Waals surface area contributed by atoms with Crippen LogP contribution in [0.15, 0.2) is 36.4 Å². The lowest BCUT2D eigenvalue weighted by Crippen LogP contribution is -2.23. The summed E-state index contributed by atoms with van der Waals surface area (Å²) in [4.78, 5) is 0. The summed E-state index contributed by atoms with van der Waals surface area (Å²) in [6, 6.07) is 13.4. The van der Waals surface area contributed by atoms with Crippen LogP contribution in [0.4, 0.5) is 0 Å². The van der Waals surface area contributed by atoms with Crippen LogP contribution in [0.2, 0.25) is 0 Å². The van der Waals surface area contributed by atoms with Crippen LogP contribution < -0.4 is 10.4 Å². The highest BCUT2D eigenvalue weighted by Crippen LogP contribution is 2.31. The Bertz CT molecular complexity index is 837. The predicted molar refractivity (Wildman–Crippen MR) is 88.1 cm³/mol. The summed E-state index contributed by atoms with van der Waals surface area (Å²) in [5, 5.41) is 5.51. The van der Waals surface area contributed by atoms with Crippen molar-refractivity contribution in [3.8, 4) is 0 Å². The molecular weight excluding hydrogens is 248 g/mol. The third kappa shape index (κ3) is 2.19. The molecule has 19 heavy (non-hydrogen) atoms. The van der Waals surface area contributed by atoms with Gasteiger partial charge < -0.3 is 0 Å². The summed E-state index contributed by atoms with van der Waals surface area (Å²) >= 11 is 1.89. The monoisotopic (exact) mass is 266 g/mol. The highest BCUT2D eigenvalue weighted by molar-refractivity contribution is 7.25. The van der Waals surface area contributed by atoms with Crippen LogP contribution in [0.5, 0.6) is 0 Å². The summed E-state index contributed by atoms with van der Waals surface area (Å²) in [6.45, 7) is 4.35. The third-order valence-electron chi connectivity index (χ3n) is 3.55. The SMILES string of the molecule is C/C=c1/cc2sc3ccccc3c2c/c1=C/CCC. The first kappa shape index (κ1) is 12.4. The molecule has 0 bridgehead atoms. The van der Waals surface area contributed by atoms with Gasteiger partial charge in [-0.25, -0.2) is 0 Å². The molecule has 2 aromatic carbocycles. The summed E-state index contributed by atoms with van der Waals surface area (Å²) in [5.74, 6) is 0. The van der Waals surface area contributed by atoms with Gasteiger partial charge in [-0.05, 0) is 42.0 Å². The zero-order chi connectivity index (χ0) is 13.2. The van der Waals surface area contributed by atoms with Gasteiger partial charge >= 0.3 is 0 Å². The zero-order valence-corrected chi connectivity index (χ0v) is 12.3. The van der Waals surface area contributed by atoms with Gasteiger partial charge in [-0.2, -0.15) is 0 Å². The van der Waals surface area contributed by atoms with Crippen molar-refractivity contribution in [3.63, 3.8) is 0 Å². The Morgan fingerprint density at radius 1 is 1.00 bits per heavy atom. The molecule has 3 rings (SSSR count). The standard InChI is InChI=1S/C18H18S/c1-3-5-8-14-11-16-15-9-6-7-10-17(15)19-18(16)12-13(14)4-2/h4,6-12H,3,5H2,1-2H3/b13-4-,14-8-. The molecule has 3 aromatic rings. The first-order chi connectivity index (χ1) is 9.33. The lowest BCUT2D eigenvalue weighted by Gasteiger charge is -1.95. The normalized spacial score (nSPS) is 13.8. The van der Waals surface area contributed by atoms with Crippen molar-refractivity contribution in [2.45, 2.75) is 26.7 Å². The molecule has 96 valence electrons. The minimum Gasteiger partial charge on any atom is -0.135 e. The van der Waals surface area contributed by atoms with Gasteiger partial charge in [-0.3, -0.25) is 0 Å². The van der Waals surface area contributed by atoms with E-state index in [0.717, 1.165) is 6.42 Å². The first-order valence-electron chi connectivity index (χ1n) is 6.91. The highest BCUT2D eigenvalue weighted by atomic mass is 32.1. The Labute approximate surface area is 117 Å². The maximum absolute atomic E-state index is 2.36. The Kier molecular flexibility index (Phi) is 3.39. The number of unbranched alkanes of at least 4 members (excludes halogenated alkanes) is 1. The van der Waals surface area contributed by atoms with Gasteiger partial charge in [0, 0.05) is 20.2 Å². The molecule has 0 aliphatic carbocycles. The molecule has 0 aliphatic rings. The summed E-state index contributed by atoms with van der Waals surface area (Å²) in [6.07, 6.45) is 6.92. The number of benzene rings is 2. The van der Waals surface area contributed by atoms with Crippen LogP contribution >= 0.6 is 11.3 Å². The van der Waals surface area contributed by atoms with E-state index in [1.165, 1.54) is 37.0 Å². The molecule has 0 nitrogen and oxygen atoms in total. The molecule has 0 N–H and O–H groups in total. The Balaban J connectivity index is 2.42. The molecule has 1 heterocycles. The predicted octanol–water partition coefficient (Wildman–Crippen LogP) is 4.44. The fourth-order valence-electron chi connectivity index (χ4n) is 2.53.